The molecule has 2 aromatic rings. The van der Waals surface area contributed by atoms with Gasteiger partial charge in [0.15, 0.2) is 5.82 Å². The van der Waals surface area contributed by atoms with Crippen LogP contribution < -0.4 is 10.2 Å². The summed E-state index contributed by atoms with van der Waals surface area (Å²) in [6, 6.07) is 6.97. The summed E-state index contributed by atoms with van der Waals surface area (Å²) in [5.41, 5.74) is 1.13. The van der Waals surface area contributed by atoms with Gasteiger partial charge in [-0.1, -0.05) is 0 Å². The van der Waals surface area contributed by atoms with Crippen LogP contribution in [0.1, 0.15) is 28.9 Å². The molecule has 1 N–H and O–H groups in total. The third kappa shape index (κ3) is 3.63. The molecule has 0 radical (unpaired) electrons. The van der Waals surface area contributed by atoms with Crippen LogP contribution >= 0.6 is 0 Å². The summed E-state index contributed by atoms with van der Waals surface area (Å²) in [5.74, 6) is 1.01. The molecule has 2 fully saturated rings. The minimum Gasteiger partial charge on any atom is -0.346 e. The van der Waals surface area contributed by atoms with Crippen LogP contribution in [0.2, 0.25) is 0 Å². The Bertz CT molecular complexity index is 791. The molecule has 0 unspecified atom stereocenters. The van der Waals surface area contributed by atoms with Crippen molar-refractivity contribution in [3.8, 4) is 0 Å². The van der Waals surface area contributed by atoms with E-state index >= 15 is 0 Å². The first-order valence-corrected chi connectivity index (χ1v) is 8.78. The monoisotopic (exact) mass is 352 g/mol. The first-order valence-electron chi connectivity index (χ1n) is 8.78. The third-order valence-electron chi connectivity index (χ3n) is 4.61. The van der Waals surface area contributed by atoms with E-state index in [1.54, 1.807) is 35.4 Å². The van der Waals surface area contributed by atoms with Crippen molar-refractivity contribution < 1.29 is 9.59 Å². The number of rotatable bonds is 6. The lowest BCUT2D eigenvalue weighted by atomic mass is 10.2. The molecular weight excluding hydrogens is 332 g/mol. The number of urea groups is 1. The Morgan fingerprint density at radius 3 is 2.77 bits per heavy atom. The number of hydrogen-bond acceptors (Lipinski definition) is 5. The number of carbonyl (C=O) groups is 2. The summed E-state index contributed by atoms with van der Waals surface area (Å²) in [6.07, 6.45) is 5.58. The summed E-state index contributed by atoms with van der Waals surface area (Å²) in [4.78, 5) is 31.9. The lowest BCUT2D eigenvalue weighted by Gasteiger charge is -2.17. The van der Waals surface area contributed by atoms with E-state index in [0.717, 1.165) is 13.1 Å². The summed E-state index contributed by atoms with van der Waals surface area (Å²) in [6.45, 7) is 2.49. The van der Waals surface area contributed by atoms with Crippen LogP contribution in [0.5, 0.6) is 0 Å². The third-order valence-corrected chi connectivity index (χ3v) is 4.61. The molecule has 0 spiro atoms. The highest BCUT2D eigenvalue weighted by Gasteiger charge is 2.34. The number of carbonyl (C=O) groups excluding carboxylic acids is 2. The predicted molar refractivity (Wildman–Crippen MR) is 94.5 cm³/mol. The van der Waals surface area contributed by atoms with E-state index in [-0.39, 0.29) is 18.5 Å². The first kappa shape index (κ1) is 16.4. The Morgan fingerprint density at radius 2 is 2.08 bits per heavy atom. The Balaban J connectivity index is 1.33. The average Bonchev–Trinajstić information content (AvgIpc) is 3.43. The largest absolute Gasteiger partial charge is 0.346 e. The normalized spacial score (nSPS) is 16.8. The highest BCUT2D eigenvalue weighted by atomic mass is 16.2. The topological polar surface area (TPSA) is 91.3 Å². The van der Waals surface area contributed by atoms with Crippen molar-refractivity contribution in [2.24, 2.45) is 5.92 Å². The fourth-order valence-electron chi connectivity index (χ4n) is 2.94. The molecule has 4 rings (SSSR count). The van der Waals surface area contributed by atoms with Crippen LogP contribution in [0.3, 0.4) is 0 Å². The van der Waals surface area contributed by atoms with Gasteiger partial charge >= 0.3 is 6.03 Å². The second-order valence-corrected chi connectivity index (χ2v) is 6.63. The summed E-state index contributed by atoms with van der Waals surface area (Å²) >= 11 is 0. The molecule has 0 bridgehead atoms. The van der Waals surface area contributed by atoms with Crippen LogP contribution in [0.25, 0.3) is 0 Å². The van der Waals surface area contributed by atoms with Crippen molar-refractivity contribution in [2.45, 2.75) is 19.4 Å². The molecule has 134 valence electrons. The molecule has 1 aliphatic heterocycles. The second-order valence-electron chi connectivity index (χ2n) is 6.63. The minimum atomic E-state index is -0.214. The summed E-state index contributed by atoms with van der Waals surface area (Å²) in [7, 11) is 0. The Hall–Kier alpha value is -3.03. The van der Waals surface area contributed by atoms with E-state index in [1.807, 2.05) is 4.90 Å². The van der Waals surface area contributed by atoms with Crippen molar-refractivity contribution in [1.29, 1.82) is 0 Å². The molecule has 1 saturated carbocycles. The standard InChI is InChI=1S/C18H20N6O2/c25-17(14-2-1-7-19-10-14)20-11-15-5-6-16(22-21-15)24-9-8-23(18(24)26)12-13-3-4-13/h1-2,5-7,10,13H,3-4,8-9,11-12H2,(H,20,25). The molecule has 2 aromatic heterocycles. The SMILES string of the molecule is O=C(NCc1ccc(N2CCN(CC3CC3)C2=O)nn1)c1cccnc1. The number of hydrogen-bond donors (Lipinski definition) is 1. The Kier molecular flexibility index (Phi) is 4.47. The van der Waals surface area contributed by atoms with Gasteiger partial charge in [-0.15, -0.1) is 5.10 Å². The van der Waals surface area contributed by atoms with Gasteiger partial charge in [0, 0.05) is 32.0 Å². The van der Waals surface area contributed by atoms with Gasteiger partial charge in [0.1, 0.15) is 0 Å². The number of amides is 3. The highest BCUT2D eigenvalue weighted by molar-refractivity contribution is 5.94. The van der Waals surface area contributed by atoms with Gasteiger partial charge in [-0.05, 0) is 43.0 Å². The number of anilines is 1. The van der Waals surface area contributed by atoms with Crippen LogP contribution in [-0.2, 0) is 6.54 Å². The quantitative estimate of drug-likeness (QED) is 0.850. The van der Waals surface area contributed by atoms with E-state index in [0.29, 0.717) is 29.5 Å². The number of pyridine rings is 1. The van der Waals surface area contributed by atoms with Crippen LogP contribution in [0, 0.1) is 5.92 Å². The molecule has 8 nitrogen and oxygen atoms in total. The van der Waals surface area contributed by atoms with E-state index in [9.17, 15) is 9.59 Å². The van der Waals surface area contributed by atoms with E-state index in [2.05, 4.69) is 20.5 Å². The smallest absolute Gasteiger partial charge is 0.325 e. The lowest BCUT2D eigenvalue weighted by molar-refractivity contribution is 0.0950. The summed E-state index contributed by atoms with van der Waals surface area (Å²) in [5, 5.41) is 11.1. The zero-order valence-electron chi connectivity index (χ0n) is 14.3. The Morgan fingerprint density at radius 1 is 1.19 bits per heavy atom. The fourth-order valence-corrected chi connectivity index (χ4v) is 2.94. The minimum absolute atomic E-state index is 0.00355. The van der Waals surface area contributed by atoms with Crippen molar-refractivity contribution >= 4 is 17.8 Å². The molecule has 0 aromatic carbocycles. The van der Waals surface area contributed by atoms with Gasteiger partial charge in [0.05, 0.1) is 17.8 Å². The number of nitrogens with one attached hydrogen (secondary N) is 1. The molecule has 1 aliphatic carbocycles. The van der Waals surface area contributed by atoms with E-state index in [1.165, 1.54) is 19.0 Å². The van der Waals surface area contributed by atoms with Crippen molar-refractivity contribution in [3.63, 3.8) is 0 Å². The maximum atomic E-state index is 12.4. The van der Waals surface area contributed by atoms with Gasteiger partial charge in [0.25, 0.3) is 5.91 Å². The van der Waals surface area contributed by atoms with Gasteiger partial charge in [-0.25, -0.2) is 4.79 Å². The van der Waals surface area contributed by atoms with Crippen molar-refractivity contribution in [2.75, 3.05) is 24.5 Å². The van der Waals surface area contributed by atoms with Gasteiger partial charge in [-0.3, -0.25) is 14.7 Å². The van der Waals surface area contributed by atoms with Crippen molar-refractivity contribution in [1.82, 2.24) is 25.4 Å². The molecule has 3 heterocycles. The lowest BCUT2D eigenvalue weighted by Crippen LogP contribution is -2.33. The fraction of sp³-hybridized carbons (Fsp3) is 0.389. The first-order chi connectivity index (χ1) is 12.7. The molecule has 3 amide bonds. The van der Waals surface area contributed by atoms with Gasteiger partial charge < -0.3 is 10.2 Å². The molecular formula is C18H20N6O2. The van der Waals surface area contributed by atoms with E-state index in [4.69, 9.17) is 0 Å². The highest BCUT2D eigenvalue weighted by Crippen LogP contribution is 2.31. The number of nitrogens with zero attached hydrogens (tertiary/aromatic N) is 5. The van der Waals surface area contributed by atoms with Crippen LogP contribution in [-0.4, -0.2) is 51.7 Å². The molecule has 2 aliphatic rings. The zero-order chi connectivity index (χ0) is 17.9. The maximum absolute atomic E-state index is 12.4. The van der Waals surface area contributed by atoms with E-state index < -0.39 is 0 Å². The molecule has 8 heteroatoms. The van der Waals surface area contributed by atoms with Gasteiger partial charge in [0.2, 0.25) is 0 Å². The van der Waals surface area contributed by atoms with Gasteiger partial charge in [-0.2, -0.15) is 5.10 Å². The van der Waals surface area contributed by atoms with Crippen LogP contribution in [0.4, 0.5) is 10.6 Å². The average molecular weight is 352 g/mol. The molecule has 1 saturated heterocycles. The van der Waals surface area contributed by atoms with Crippen LogP contribution in [0.15, 0.2) is 36.7 Å². The number of aromatic nitrogens is 3. The maximum Gasteiger partial charge on any atom is 0.325 e. The molecule has 26 heavy (non-hydrogen) atoms. The van der Waals surface area contributed by atoms with Crippen molar-refractivity contribution in [3.05, 3.63) is 47.9 Å². The predicted octanol–water partition coefficient (Wildman–Crippen LogP) is 1.45. The summed E-state index contributed by atoms with van der Waals surface area (Å²) < 4.78 is 0. The molecule has 0 atom stereocenters. The Labute approximate surface area is 151 Å². The zero-order valence-corrected chi connectivity index (χ0v) is 14.3. The second kappa shape index (κ2) is 7.07.